The van der Waals surface area contributed by atoms with E-state index < -0.39 is 17.6 Å². The highest BCUT2D eigenvalue weighted by Gasteiger charge is 2.64. The van der Waals surface area contributed by atoms with Crippen LogP contribution in [0.5, 0.6) is 0 Å². The van der Waals surface area contributed by atoms with E-state index in [9.17, 15) is 9.18 Å². The highest BCUT2D eigenvalue weighted by Crippen LogP contribution is 2.56. The predicted octanol–water partition coefficient (Wildman–Crippen LogP) is 1.67. The van der Waals surface area contributed by atoms with Crippen molar-refractivity contribution < 1.29 is 13.9 Å². The number of aromatic nitrogens is 1. The molecule has 2 atom stereocenters. The molecule has 1 amide bonds. The first-order chi connectivity index (χ1) is 9.14. The van der Waals surface area contributed by atoms with E-state index in [0.29, 0.717) is 11.3 Å². The number of pyridine rings is 1. The second-order valence-electron chi connectivity index (χ2n) is 4.36. The Morgan fingerprint density at radius 3 is 2.58 bits per heavy atom. The van der Waals surface area contributed by atoms with Gasteiger partial charge in [-0.2, -0.15) is 0 Å². The van der Waals surface area contributed by atoms with Gasteiger partial charge in [-0.3, -0.25) is 9.78 Å². The second kappa shape index (κ2) is 4.13. The summed E-state index contributed by atoms with van der Waals surface area (Å²) in [6, 6.07) is 11.0. The van der Waals surface area contributed by atoms with E-state index in [2.05, 4.69) is 4.98 Å². The third-order valence-electron chi connectivity index (χ3n) is 3.20. The summed E-state index contributed by atoms with van der Waals surface area (Å²) >= 11 is 0. The van der Waals surface area contributed by atoms with Crippen molar-refractivity contribution >= 4 is 5.91 Å². The van der Waals surface area contributed by atoms with Crippen molar-refractivity contribution in [2.75, 3.05) is 0 Å². The summed E-state index contributed by atoms with van der Waals surface area (Å²) in [7, 11) is 0. The van der Waals surface area contributed by atoms with Gasteiger partial charge in [0.1, 0.15) is 11.9 Å². The number of carbonyl (C=O) groups is 1. The Bertz CT molecular complexity index is 615. The Labute approximate surface area is 109 Å². The van der Waals surface area contributed by atoms with Gasteiger partial charge in [0.25, 0.3) is 5.91 Å². The number of rotatable bonds is 3. The number of amides is 1. The van der Waals surface area contributed by atoms with Gasteiger partial charge in [-0.1, -0.05) is 18.2 Å². The molecule has 2 aromatic rings. The number of epoxide rings is 1. The van der Waals surface area contributed by atoms with Crippen LogP contribution in [0.1, 0.15) is 17.4 Å². The summed E-state index contributed by atoms with van der Waals surface area (Å²) in [4.78, 5) is 15.8. The molecule has 2 N–H and O–H groups in total. The Morgan fingerprint density at radius 1 is 1.26 bits per heavy atom. The van der Waals surface area contributed by atoms with Gasteiger partial charge in [-0.25, -0.2) is 4.39 Å². The number of ether oxygens (including phenoxy) is 1. The molecule has 0 aliphatic carbocycles. The molecule has 0 bridgehead atoms. The van der Waals surface area contributed by atoms with Crippen LogP contribution in [0.4, 0.5) is 4.39 Å². The topological polar surface area (TPSA) is 68.5 Å². The van der Waals surface area contributed by atoms with Gasteiger partial charge < -0.3 is 10.5 Å². The number of carbonyl (C=O) groups excluding carboxylic acids is 1. The summed E-state index contributed by atoms with van der Waals surface area (Å²) < 4.78 is 18.4. The van der Waals surface area contributed by atoms with Crippen molar-refractivity contribution in [2.45, 2.75) is 11.7 Å². The van der Waals surface area contributed by atoms with Crippen LogP contribution in [0.2, 0.25) is 0 Å². The maximum absolute atomic E-state index is 12.9. The number of hydrogen-bond acceptors (Lipinski definition) is 3. The third-order valence-corrected chi connectivity index (χ3v) is 3.20. The van der Waals surface area contributed by atoms with Crippen LogP contribution in [0.25, 0.3) is 0 Å². The van der Waals surface area contributed by atoms with Crippen molar-refractivity contribution in [3.05, 3.63) is 65.7 Å². The van der Waals surface area contributed by atoms with Gasteiger partial charge >= 0.3 is 0 Å². The molecule has 1 fully saturated rings. The van der Waals surface area contributed by atoms with Gasteiger partial charge in [-0.05, 0) is 29.8 Å². The van der Waals surface area contributed by atoms with Gasteiger partial charge in [0, 0.05) is 6.20 Å². The van der Waals surface area contributed by atoms with Crippen molar-refractivity contribution in [1.29, 1.82) is 0 Å². The Balaban J connectivity index is 1.99. The summed E-state index contributed by atoms with van der Waals surface area (Å²) in [5, 5.41) is 0. The van der Waals surface area contributed by atoms with E-state index >= 15 is 0 Å². The van der Waals surface area contributed by atoms with E-state index in [-0.39, 0.29) is 5.82 Å². The molecule has 0 radical (unpaired) electrons. The molecule has 1 aromatic carbocycles. The average Bonchev–Trinajstić information content (AvgIpc) is 3.17. The van der Waals surface area contributed by atoms with Gasteiger partial charge in [0.2, 0.25) is 5.60 Å². The molecule has 19 heavy (non-hydrogen) atoms. The second-order valence-corrected chi connectivity index (χ2v) is 4.36. The number of halogens is 1. The minimum absolute atomic E-state index is 0.341. The molecule has 2 heterocycles. The zero-order chi connectivity index (χ0) is 13.5. The standard InChI is InChI=1S/C14H11FN2O2/c15-10-6-4-9(5-7-10)12-14(19-12,13(16)18)11-3-1-2-8-17-11/h1-8,12H,(H2,16,18)/t12-,14-/m1/s1. The fourth-order valence-corrected chi connectivity index (χ4v) is 2.18. The molecular weight excluding hydrogens is 247 g/mol. The number of benzene rings is 1. The Kier molecular flexibility index (Phi) is 2.57. The largest absolute Gasteiger partial charge is 0.367 e. The van der Waals surface area contributed by atoms with Gasteiger partial charge in [-0.15, -0.1) is 0 Å². The van der Waals surface area contributed by atoms with Crippen molar-refractivity contribution in [3.63, 3.8) is 0 Å². The van der Waals surface area contributed by atoms with Crippen LogP contribution in [0.3, 0.4) is 0 Å². The van der Waals surface area contributed by atoms with Crippen molar-refractivity contribution in [2.24, 2.45) is 5.73 Å². The summed E-state index contributed by atoms with van der Waals surface area (Å²) in [5.41, 5.74) is 5.38. The zero-order valence-corrected chi connectivity index (χ0v) is 9.92. The minimum Gasteiger partial charge on any atom is -0.367 e. The number of nitrogens with zero attached hydrogens (tertiary/aromatic N) is 1. The lowest BCUT2D eigenvalue weighted by Crippen LogP contribution is -2.31. The quantitative estimate of drug-likeness (QED) is 0.851. The molecule has 0 saturated carbocycles. The number of primary amides is 1. The lowest BCUT2D eigenvalue weighted by Gasteiger charge is -2.07. The smallest absolute Gasteiger partial charge is 0.259 e. The molecule has 1 aromatic heterocycles. The monoisotopic (exact) mass is 258 g/mol. The van der Waals surface area contributed by atoms with Crippen LogP contribution in [-0.4, -0.2) is 10.9 Å². The normalized spacial score (nSPS) is 25.0. The highest BCUT2D eigenvalue weighted by atomic mass is 19.1. The van der Waals surface area contributed by atoms with E-state index in [1.807, 2.05) is 0 Å². The van der Waals surface area contributed by atoms with Crippen LogP contribution in [0.15, 0.2) is 48.7 Å². The molecule has 4 nitrogen and oxygen atoms in total. The number of hydrogen-bond donors (Lipinski definition) is 1. The van der Waals surface area contributed by atoms with Crippen LogP contribution < -0.4 is 5.73 Å². The minimum atomic E-state index is -1.24. The molecule has 1 aliphatic rings. The molecule has 1 saturated heterocycles. The van der Waals surface area contributed by atoms with E-state index in [4.69, 9.17) is 10.5 Å². The highest BCUT2D eigenvalue weighted by molar-refractivity contribution is 5.88. The molecular formula is C14H11FN2O2. The Hall–Kier alpha value is -2.27. The van der Waals surface area contributed by atoms with E-state index in [1.165, 1.54) is 12.1 Å². The van der Waals surface area contributed by atoms with E-state index in [1.54, 1.807) is 36.5 Å². The van der Waals surface area contributed by atoms with Crippen LogP contribution >= 0.6 is 0 Å². The number of nitrogens with two attached hydrogens (primary N) is 1. The summed E-state index contributed by atoms with van der Waals surface area (Å²) in [5.74, 6) is -0.938. The fraction of sp³-hybridized carbons (Fsp3) is 0.143. The molecule has 0 unspecified atom stereocenters. The average molecular weight is 258 g/mol. The molecule has 3 rings (SSSR count). The maximum Gasteiger partial charge on any atom is 0.259 e. The fourth-order valence-electron chi connectivity index (χ4n) is 2.18. The summed E-state index contributed by atoms with van der Waals surface area (Å²) in [6.45, 7) is 0. The predicted molar refractivity (Wildman–Crippen MR) is 65.3 cm³/mol. The molecule has 1 aliphatic heterocycles. The zero-order valence-electron chi connectivity index (χ0n) is 9.92. The van der Waals surface area contributed by atoms with Crippen molar-refractivity contribution in [3.8, 4) is 0 Å². The molecule has 5 heteroatoms. The maximum atomic E-state index is 12.9. The first-order valence-electron chi connectivity index (χ1n) is 5.79. The van der Waals surface area contributed by atoms with Gasteiger partial charge in [0.05, 0.1) is 5.69 Å². The SMILES string of the molecule is NC(=O)[C@]1(c2ccccn2)O[C@@H]1c1ccc(F)cc1. The molecule has 0 spiro atoms. The Morgan fingerprint density at radius 2 is 2.00 bits per heavy atom. The first-order valence-corrected chi connectivity index (χ1v) is 5.79. The lowest BCUT2D eigenvalue weighted by molar-refractivity contribution is -0.123. The first kappa shape index (κ1) is 11.8. The van der Waals surface area contributed by atoms with E-state index in [0.717, 1.165) is 0 Å². The lowest BCUT2D eigenvalue weighted by atomic mass is 9.95. The van der Waals surface area contributed by atoms with Crippen molar-refractivity contribution in [1.82, 2.24) is 4.98 Å². The summed E-state index contributed by atoms with van der Waals surface area (Å²) in [6.07, 6.45) is 1.06. The molecule has 96 valence electrons. The van der Waals surface area contributed by atoms with Crippen LogP contribution in [-0.2, 0) is 15.1 Å². The van der Waals surface area contributed by atoms with Gasteiger partial charge in [0.15, 0.2) is 0 Å². The third kappa shape index (κ3) is 1.79. The van der Waals surface area contributed by atoms with Crippen LogP contribution in [0, 0.1) is 5.82 Å².